The molecule has 2 fully saturated rings. The van der Waals surface area contributed by atoms with Crippen molar-refractivity contribution in [2.75, 3.05) is 55.1 Å². The van der Waals surface area contributed by atoms with Gasteiger partial charge < -0.3 is 29.7 Å². The molecule has 2 N–H and O–H groups in total. The maximum Gasteiger partial charge on any atom is 0.228 e. The molecule has 9 heteroatoms. The second-order valence-corrected chi connectivity index (χ2v) is 8.09. The van der Waals surface area contributed by atoms with Crippen LogP contribution < -0.4 is 19.9 Å². The zero-order valence-corrected chi connectivity index (χ0v) is 18.6. The van der Waals surface area contributed by atoms with E-state index in [9.17, 15) is 5.11 Å². The normalized spacial score (nSPS) is 18.4. The van der Waals surface area contributed by atoms with Gasteiger partial charge in [-0.05, 0) is 37.1 Å². The Bertz CT molecular complexity index is 1090. The smallest absolute Gasteiger partial charge is 0.228 e. The van der Waals surface area contributed by atoms with Gasteiger partial charge in [0, 0.05) is 37.1 Å². The number of ether oxygens (including phenoxy) is 2. The van der Waals surface area contributed by atoms with Gasteiger partial charge in [0.05, 0.1) is 32.2 Å². The van der Waals surface area contributed by atoms with Crippen LogP contribution in [0, 0.1) is 0 Å². The molecule has 0 amide bonds. The molecule has 0 aliphatic carbocycles. The highest BCUT2D eigenvalue weighted by molar-refractivity contribution is 5.78. The van der Waals surface area contributed by atoms with E-state index in [2.05, 4.69) is 21.3 Å². The average Bonchev–Trinajstić information content (AvgIpc) is 3.30. The Morgan fingerprint density at radius 1 is 1.12 bits per heavy atom. The summed E-state index contributed by atoms with van der Waals surface area (Å²) in [5.41, 5.74) is 3.36. The second kappa shape index (κ2) is 9.60. The molecule has 4 heterocycles. The first-order valence-corrected chi connectivity index (χ1v) is 11.2. The van der Waals surface area contributed by atoms with Gasteiger partial charge in [0.2, 0.25) is 5.95 Å². The fraction of sp³-hybridized carbons (Fsp3) is 0.375. The summed E-state index contributed by atoms with van der Waals surface area (Å²) < 4.78 is 11.3. The molecular weight excluding hydrogens is 420 g/mol. The minimum atomic E-state index is -0.459. The molecule has 2 saturated heterocycles. The van der Waals surface area contributed by atoms with Crippen molar-refractivity contribution in [3.63, 3.8) is 0 Å². The number of aliphatic hydroxyl groups is 1. The number of nitrogens with one attached hydrogen (secondary N) is 1. The monoisotopic (exact) mass is 448 g/mol. The first kappa shape index (κ1) is 21.4. The van der Waals surface area contributed by atoms with E-state index in [1.807, 2.05) is 35.2 Å². The Balaban J connectivity index is 1.60. The minimum absolute atomic E-state index is 0.459. The van der Waals surface area contributed by atoms with Gasteiger partial charge >= 0.3 is 0 Å². The van der Waals surface area contributed by atoms with Crippen LogP contribution in [0.4, 0.5) is 23.1 Å². The van der Waals surface area contributed by atoms with Crippen LogP contribution in [0.1, 0.15) is 12.8 Å². The summed E-state index contributed by atoms with van der Waals surface area (Å²) in [6, 6.07) is 11.9. The summed E-state index contributed by atoms with van der Waals surface area (Å²) in [5.74, 6) is 1.74. The lowest BCUT2D eigenvalue weighted by atomic mass is 10.1. The first-order chi connectivity index (χ1) is 16.2. The zero-order chi connectivity index (χ0) is 22.6. The Kier molecular flexibility index (Phi) is 6.23. The number of methoxy groups -OCH3 is 1. The van der Waals surface area contributed by atoms with Crippen molar-refractivity contribution in [1.82, 2.24) is 15.0 Å². The number of aliphatic hydroxyl groups excluding tert-OH is 1. The fourth-order valence-corrected chi connectivity index (χ4v) is 4.27. The van der Waals surface area contributed by atoms with E-state index in [-0.39, 0.29) is 0 Å². The van der Waals surface area contributed by atoms with Gasteiger partial charge in [-0.2, -0.15) is 4.98 Å². The fourth-order valence-electron chi connectivity index (χ4n) is 4.27. The summed E-state index contributed by atoms with van der Waals surface area (Å²) in [6.45, 7) is 3.55. The van der Waals surface area contributed by atoms with Gasteiger partial charge in [-0.3, -0.25) is 4.98 Å². The van der Waals surface area contributed by atoms with E-state index in [1.54, 1.807) is 19.5 Å². The van der Waals surface area contributed by atoms with Crippen molar-refractivity contribution in [2.24, 2.45) is 0 Å². The van der Waals surface area contributed by atoms with Crippen molar-refractivity contribution in [3.05, 3.63) is 48.8 Å². The molecule has 172 valence electrons. The third-order valence-electron chi connectivity index (χ3n) is 5.95. The third-order valence-corrected chi connectivity index (χ3v) is 5.95. The lowest BCUT2D eigenvalue weighted by Crippen LogP contribution is -2.37. The van der Waals surface area contributed by atoms with Gasteiger partial charge in [-0.15, -0.1) is 0 Å². The van der Waals surface area contributed by atoms with Gasteiger partial charge in [0.1, 0.15) is 11.9 Å². The van der Waals surface area contributed by atoms with E-state index < -0.39 is 6.23 Å². The van der Waals surface area contributed by atoms with E-state index in [4.69, 9.17) is 19.4 Å². The molecule has 0 saturated carbocycles. The van der Waals surface area contributed by atoms with E-state index in [1.165, 1.54) is 0 Å². The summed E-state index contributed by atoms with van der Waals surface area (Å²) >= 11 is 0. The molecule has 5 rings (SSSR count). The molecule has 33 heavy (non-hydrogen) atoms. The van der Waals surface area contributed by atoms with Gasteiger partial charge in [-0.25, -0.2) is 4.98 Å². The lowest BCUT2D eigenvalue weighted by Gasteiger charge is -2.28. The molecule has 2 aliphatic rings. The molecule has 2 aliphatic heterocycles. The standard InChI is InChI=1S/C24H28N6O3/c1-32-22-21(17-5-2-7-19(15-17)30-10-4-8-20(30)31)27-24(29-11-13-33-14-12-29)28-23(22)26-18-6-3-9-25-16-18/h2-3,5-7,9,15-16,20,31H,4,8,10-14H2,1H3,(H,26,27,28). The number of rotatable bonds is 6. The second-order valence-electron chi connectivity index (χ2n) is 8.09. The molecule has 1 aromatic carbocycles. The van der Waals surface area contributed by atoms with Gasteiger partial charge in [0.15, 0.2) is 11.6 Å². The molecule has 1 atom stereocenters. The summed E-state index contributed by atoms with van der Waals surface area (Å²) in [5, 5.41) is 13.7. The highest BCUT2D eigenvalue weighted by atomic mass is 16.5. The molecule has 0 spiro atoms. The Morgan fingerprint density at radius 2 is 2.00 bits per heavy atom. The highest BCUT2D eigenvalue weighted by Crippen LogP contribution is 2.38. The maximum absolute atomic E-state index is 10.4. The van der Waals surface area contributed by atoms with Crippen LogP contribution in [0.2, 0.25) is 0 Å². The lowest BCUT2D eigenvalue weighted by molar-refractivity contribution is 0.122. The Hall–Kier alpha value is -3.43. The topological polar surface area (TPSA) is 95.9 Å². The summed E-state index contributed by atoms with van der Waals surface area (Å²) in [4.78, 5) is 18.1. The molecule has 1 unspecified atom stereocenters. The maximum atomic E-state index is 10.4. The van der Waals surface area contributed by atoms with E-state index in [0.717, 1.165) is 49.4 Å². The molecule has 3 aromatic rings. The average molecular weight is 449 g/mol. The number of hydrogen-bond donors (Lipinski definition) is 2. The van der Waals surface area contributed by atoms with Crippen LogP contribution >= 0.6 is 0 Å². The van der Waals surface area contributed by atoms with Gasteiger partial charge in [0.25, 0.3) is 0 Å². The van der Waals surface area contributed by atoms with E-state index in [0.29, 0.717) is 36.4 Å². The van der Waals surface area contributed by atoms with Crippen LogP contribution in [0.3, 0.4) is 0 Å². The highest BCUT2D eigenvalue weighted by Gasteiger charge is 2.25. The number of pyridine rings is 1. The van der Waals surface area contributed by atoms with Crippen LogP contribution in [-0.4, -0.2) is 66.2 Å². The number of nitrogens with zero attached hydrogens (tertiary/aromatic N) is 5. The van der Waals surface area contributed by atoms with Crippen LogP contribution in [0.5, 0.6) is 5.75 Å². The molecular formula is C24H28N6O3. The van der Waals surface area contributed by atoms with Crippen molar-refractivity contribution in [3.8, 4) is 17.0 Å². The SMILES string of the molecule is COc1c(Nc2cccnc2)nc(N2CCOCC2)nc1-c1cccc(N2CCCC2O)c1. The first-order valence-electron chi connectivity index (χ1n) is 11.2. The number of benzene rings is 1. The van der Waals surface area contributed by atoms with Crippen LogP contribution in [0.15, 0.2) is 48.8 Å². The number of hydrogen-bond acceptors (Lipinski definition) is 9. The quantitative estimate of drug-likeness (QED) is 0.590. The minimum Gasteiger partial charge on any atom is -0.491 e. The Morgan fingerprint density at radius 3 is 2.73 bits per heavy atom. The van der Waals surface area contributed by atoms with Crippen molar-refractivity contribution >= 4 is 23.1 Å². The molecule has 0 bridgehead atoms. The van der Waals surface area contributed by atoms with Crippen molar-refractivity contribution in [2.45, 2.75) is 19.1 Å². The zero-order valence-electron chi connectivity index (χ0n) is 18.6. The number of anilines is 4. The summed E-state index contributed by atoms with van der Waals surface area (Å²) in [7, 11) is 1.62. The van der Waals surface area contributed by atoms with Crippen molar-refractivity contribution < 1.29 is 14.6 Å². The van der Waals surface area contributed by atoms with Crippen molar-refractivity contribution in [1.29, 1.82) is 0 Å². The predicted molar refractivity (Wildman–Crippen MR) is 127 cm³/mol. The third kappa shape index (κ3) is 4.55. The molecule has 0 radical (unpaired) electrons. The number of morpholine rings is 1. The predicted octanol–water partition coefficient (Wildman–Crippen LogP) is 3.05. The van der Waals surface area contributed by atoms with E-state index >= 15 is 0 Å². The summed E-state index contributed by atoms with van der Waals surface area (Å²) in [6.07, 6.45) is 4.76. The van der Waals surface area contributed by atoms with Crippen LogP contribution in [0.25, 0.3) is 11.3 Å². The number of aromatic nitrogens is 3. The Labute approximate surface area is 193 Å². The molecule has 2 aromatic heterocycles. The molecule has 9 nitrogen and oxygen atoms in total. The van der Waals surface area contributed by atoms with Crippen LogP contribution in [-0.2, 0) is 4.74 Å². The van der Waals surface area contributed by atoms with Gasteiger partial charge in [-0.1, -0.05) is 12.1 Å². The largest absolute Gasteiger partial charge is 0.491 e.